The summed E-state index contributed by atoms with van der Waals surface area (Å²) in [7, 11) is 0. The van der Waals surface area contributed by atoms with Crippen LogP contribution < -0.4 is 5.32 Å². The number of thiol groups is 1. The lowest BCUT2D eigenvalue weighted by Crippen LogP contribution is -2.21. The smallest absolute Gasteiger partial charge is 0.264 e. The van der Waals surface area contributed by atoms with Crippen LogP contribution in [0.1, 0.15) is 6.42 Å². The predicted molar refractivity (Wildman–Crippen MR) is 52.2 cm³/mol. The first kappa shape index (κ1) is 9.67. The van der Waals surface area contributed by atoms with Gasteiger partial charge in [0.15, 0.2) is 0 Å². The van der Waals surface area contributed by atoms with E-state index in [9.17, 15) is 9.59 Å². The second-order valence-electron chi connectivity index (χ2n) is 2.25. The second kappa shape index (κ2) is 4.57. The molecule has 0 saturated carbocycles. The molecule has 1 N–H and O–H groups in total. The minimum Gasteiger partial charge on any atom is -0.288 e. The van der Waals surface area contributed by atoms with Gasteiger partial charge in [0.25, 0.3) is 11.8 Å². The molecule has 0 bridgehead atoms. The average molecular weight is 203 g/mol. The largest absolute Gasteiger partial charge is 0.288 e. The van der Waals surface area contributed by atoms with Crippen molar-refractivity contribution in [3.8, 4) is 0 Å². The number of nitrogens with one attached hydrogen (secondary N) is 1. The minimum atomic E-state index is -0.312. The number of rotatable bonds is 4. The normalized spacial score (nSPS) is 16.2. The predicted octanol–water partition coefficient (Wildman–Crippen LogP) is 0.580. The van der Waals surface area contributed by atoms with E-state index in [1.54, 1.807) is 0 Å². The highest BCUT2D eigenvalue weighted by Gasteiger charge is 2.20. The molecule has 0 spiro atoms. The molecule has 1 aliphatic rings. The fourth-order valence-corrected chi connectivity index (χ4v) is 2.00. The maximum atomic E-state index is 10.9. The Hall–Kier alpha value is -0.420. The first-order valence-corrected chi connectivity index (χ1v) is 5.16. The number of carbonyl (C=O) groups excluding carboxylic acids is 2. The lowest BCUT2D eigenvalue weighted by Gasteiger charge is -1.96. The topological polar surface area (TPSA) is 46.2 Å². The molecule has 0 unspecified atom stereocenters. The van der Waals surface area contributed by atoms with Gasteiger partial charge in [0.1, 0.15) is 0 Å². The molecule has 1 aliphatic heterocycles. The van der Waals surface area contributed by atoms with Crippen molar-refractivity contribution in [2.75, 3.05) is 11.5 Å². The van der Waals surface area contributed by atoms with Crippen molar-refractivity contribution in [2.24, 2.45) is 0 Å². The number of imide groups is 1. The molecule has 0 fully saturated rings. The van der Waals surface area contributed by atoms with Crippen LogP contribution in [0.4, 0.5) is 0 Å². The van der Waals surface area contributed by atoms with Crippen LogP contribution in [0, 0.1) is 0 Å². The van der Waals surface area contributed by atoms with E-state index in [1.807, 2.05) is 0 Å². The van der Waals surface area contributed by atoms with Crippen LogP contribution >= 0.6 is 24.4 Å². The molecule has 1 rings (SSSR count). The lowest BCUT2D eigenvalue weighted by molar-refractivity contribution is -0.123. The summed E-state index contributed by atoms with van der Waals surface area (Å²) < 4.78 is 0. The van der Waals surface area contributed by atoms with E-state index in [4.69, 9.17) is 0 Å². The van der Waals surface area contributed by atoms with Crippen molar-refractivity contribution in [3.05, 3.63) is 11.0 Å². The van der Waals surface area contributed by atoms with Crippen LogP contribution in [-0.2, 0) is 9.59 Å². The maximum Gasteiger partial charge on any atom is 0.264 e. The fourth-order valence-electron chi connectivity index (χ4n) is 0.748. The maximum absolute atomic E-state index is 10.9. The molecule has 0 aromatic carbocycles. The van der Waals surface area contributed by atoms with Gasteiger partial charge in [0, 0.05) is 6.08 Å². The van der Waals surface area contributed by atoms with Gasteiger partial charge < -0.3 is 0 Å². The lowest BCUT2D eigenvalue weighted by atomic mass is 10.5. The molecular weight excluding hydrogens is 194 g/mol. The third kappa shape index (κ3) is 2.57. The van der Waals surface area contributed by atoms with Crippen LogP contribution in [0.25, 0.3) is 0 Å². The minimum absolute atomic E-state index is 0.274. The highest BCUT2D eigenvalue weighted by Crippen LogP contribution is 2.19. The van der Waals surface area contributed by atoms with E-state index in [0.717, 1.165) is 17.9 Å². The summed E-state index contributed by atoms with van der Waals surface area (Å²) in [5.74, 6) is 1.05. The summed E-state index contributed by atoms with van der Waals surface area (Å²) in [4.78, 5) is 22.1. The SMILES string of the molecule is O=C1C=C(SCCCS)C(=O)N1. The summed E-state index contributed by atoms with van der Waals surface area (Å²) in [6.07, 6.45) is 2.28. The fraction of sp³-hybridized carbons (Fsp3) is 0.429. The molecule has 12 heavy (non-hydrogen) atoms. The Balaban J connectivity index is 2.36. The van der Waals surface area contributed by atoms with Gasteiger partial charge in [-0.05, 0) is 17.9 Å². The van der Waals surface area contributed by atoms with Crippen molar-refractivity contribution < 1.29 is 9.59 Å². The summed E-state index contributed by atoms with van der Waals surface area (Å²) in [5.41, 5.74) is 0. The van der Waals surface area contributed by atoms with E-state index >= 15 is 0 Å². The Labute approximate surface area is 80.4 Å². The first-order chi connectivity index (χ1) is 5.74. The zero-order valence-corrected chi connectivity index (χ0v) is 8.08. The van der Waals surface area contributed by atoms with Crippen molar-refractivity contribution in [1.82, 2.24) is 5.32 Å². The third-order valence-electron chi connectivity index (χ3n) is 1.28. The van der Waals surface area contributed by atoms with Gasteiger partial charge in [-0.15, -0.1) is 11.8 Å². The van der Waals surface area contributed by atoms with Gasteiger partial charge in [-0.3, -0.25) is 14.9 Å². The number of thioether (sulfide) groups is 1. The average Bonchev–Trinajstić information content (AvgIpc) is 2.31. The zero-order chi connectivity index (χ0) is 8.97. The van der Waals surface area contributed by atoms with Crippen molar-refractivity contribution in [3.63, 3.8) is 0 Å². The van der Waals surface area contributed by atoms with Gasteiger partial charge in [0.2, 0.25) is 0 Å². The molecule has 1 heterocycles. The standard InChI is InChI=1S/C7H9NO2S2/c9-6-4-5(7(10)8-6)12-3-1-2-11/h4,11H,1-3H2,(H,8,9,10). The van der Waals surface area contributed by atoms with Crippen LogP contribution in [0.3, 0.4) is 0 Å². The van der Waals surface area contributed by atoms with Crippen molar-refractivity contribution in [1.29, 1.82) is 0 Å². The van der Waals surface area contributed by atoms with Gasteiger partial charge in [-0.25, -0.2) is 0 Å². The van der Waals surface area contributed by atoms with Crippen molar-refractivity contribution >= 4 is 36.2 Å². The van der Waals surface area contributed by atoms with Crippen LogP contribution in [-0.4, -0.2) is 23.3 Å². The first-order valence-electron chi connectivity index (χ1n) is 3.54. The number of carbonyl (C=O) groups is 2. The van der Waals surface area contributed by atoms with Gasteiger partial charge in [0.05, 0.1) is 4.91 Å². The molecule has 2 amide bonds. The Morgan fingerprint density at radius 2 is 2.25 bits per heavy atom. The third-order valence-corrected chi connectivity index (χ3v) is 2.71. The number of hydrogen-bond donors (Lipinski definition) is 2. The molecule has 0 aliphatic carbocycles. The molecule has 5 heteroatoms. The highest BCUT2D eigenvalue weighted by atomic mass is 32.2. The number of amides is 2. The van der Waals surface area contributed by atoms with Gasteiger partial charge in [-0.2, -0.15) is 12.6 Å². The summed E-state index contributed by atoms with van der Waals surface area (Å²) in [5, 5.41) is 2.18. The monoisotopic (exact) mass is 203 g/mol. The molecule has 66 valence electrons. The summed E-state index contributed by atoms with van der Waals surface area (Å²) in [6, 6.07) is 0. The number of hydrogen-bond acceptors (Lipinski definition) is 4. The second-order valence-corrected chi connectivity index (χ2v) is 3.84. The van der Waals surface area contributed by atoms with E-state index < -0.39 is 0 Å². The van der Waals surface area contributed by atoms with E-state index in [0.29, 0.717) is 4.91 Å². The molecule has 0 radical (unpaired) electrons. The van der Waals surface area contributed by atoms with Gasteiger partial charge >= 0.3 is 0 Å². The van der Waals surface area contributed by atoms with E-state index in [2.05, 4.69) is 17.9 Å². The molecule has 0 saturated heterocycles. The van der Waals surface area contributed by atoms with Gasteiger partial charge in [-0.1, -0.05) is 0 Å². The van der Waals surface area contributed by atoms with E-state index in [-0.39, 0.29) is 11.8 Å². The Bertz CT molecular complexity index is 238. The molecule has 0 aromatic heterocycles. The zero-order valence-electron chi connectivity index (χ0n) is 6.37. The van der Waals surface area contributed by atoms with Crippen LogP contribution in [0.5, 0.6) is 0 Å². The quantitative estimate of drug-likeness (QED) is 0.399. The Morgan fingerprint density at radius 3 is 2.75 bits per heavy atom. The molecular formula is C7H9NO2S2. The summed E-state index contributed by atoms with van der Waals surface area (Å²) >= 11 is 5.44. The molecule has 0 atom stereocenters. The van der Waals surface area contributed by atoms with E-state index in [1.165, 1.54) is 17.8 Å². The molecule has 0 aromatic rings. The van der Waals surface area contributed by atoms with Crippen LogP contribution in [0.2, 0.25) is 0 Å². The summed E-state index contributed by atoms with van der Waals surface area (Å²) in [6.45, 7) is 0. The Kier molecular flexibility index (Phi) is 3.68. The Morgan fingerprint density at radius 1 is 1.50 bits per heavy atom. The van der Waals surface area contributed by atoms with Crippen molar-refractivity contribution in [2.45, 2.75) is 6.42 Å². The molecule has 3 nitrogen and oxygen atoms in total. The highest BCUT2D eigenvalue weighted by molar-refractivity contribution is 8.04. The van der Waals surface area contributed by atoms with Crippen LogP contribution in [0.15, 0.2) is 11.0 Å².